The minimum absolute atomic E-state index is 0.0874. The van der Waals surface area contributed by atoms with E-state index in [4.69, 9.17) is 12.6 Å². The lowest BCUT2D eigenvalue weighted by molar-refractivity contribution is 0.729. The highest BCUT2D eigenvalue weighted by Crippen LogP contribution is 2.08. The molecular weight excluding hydrogens is 184 g/mol. The summed E-state index contributed by atoms with van der Waals surface area (Å²) in [6.07, 6.45) is 0. The largest absolute Gasteiger partial charge is 0.286 e. The Kier molecular flexibility index (Phi) is 1.77. The fourth-order valence-electron chi connectivity index (χ4n) is 1.20. The Hall–Kier alpha value is -1.42. The normalized spacial score (nSPS) is 10.5. The molecule has 2 aromatic rings. The summed E-state index contributed by atoms with van der Waals surface area (Å²) >= 11 is 4.92. The van der Waals surface area contributed by atoms with Crippen molar-refractivity contribution < 1.29 is 0 Å². The van der Waals surface area contributed by atoms with Crippen molar-refractivity contribution in [2.24, 2.45) is 7.05 Å². The average molecular weight is 191 g/mol. The first kappa shape index (κ1) is 8.19. The molecule has 0 unspecified atom stereocenters. The molecule has 0 fully saturated rings. The number of hydrogen-bond acceptors (Lipinski definition) is 2. The minimum Gasteiger partial charge on any atom is -0.286 e. The summed E-state index contributed by atoms with van der Waals surface area (Å²) in [6, 6.07) is 7.18. The van der Waals surface area contributed by atoms with Gasteiger partial charge in [0, 0.05) is 7.05 Å². The molecule has 0 aliphatic carbocycles. The van der Waals surface area contributed by atoms with E-state index in [0.717, 1.165) is 0 Å². The molecule has 0 aliphatic rings. The second kappa shape index (κ2) is 2.81. The second-order valence-electron chi connectivity index (χ2n) is 2.78. The summed E-state index contributed by atoms with van der Waals surface area (Å²) < 4.78 is 1.37. The van der Waals surface area contributed by atoms with Gasteiger partial charge in [-0.1, -0.05) is 12.1 Å². The van der Waals surface area contributed by atoms with Gasteiger partial charge in [0.15, 0.2) is 0 Å². The molecule has 13 heavy (non-hydrogen) atoms. The van der Waals surface area contributed by atoms with Gasteiger partial charge in [0.25, 0.3) is 5.56 Å². The van der Waals surface area contributed by atoms with Crippen molar-refractivity contribution in [1.82, 2.24) is 9.55 Å². The maximum Gasteiger partial charge on any atom is 0.262 e. The third-order valence-corrected chi connectivity index (χ3v) is 2.31. The SMILES string of the molecule is Cn1c([S])nc2ccccc2c1=O. The van der Waals surface area contributed by atoms with Gasteiger partial charge in [-0.2, -0.15) is 0 Å². The highest BCUT2D eigenvalue weighted by Gasteiger charge is 2.03. The molecule has 0 aliphatic heterocycles. The van der Waals surface area contributed by atoms with Crippen LogP contribution < -0.4 is 5.56 Å². The van der Waals surface area contributed by atoms with Crippen molar-refractivity contribution in [3.63, 3.8) is 0 Å². The summed E-state index contributed by atoms with van der Waals surface area (Å²) in [4.78, 5) is 15.7. The van der Waals surface area contributed by atoms with Crippen LogP contribution >= 0.6 is 12.6 Å². The van der Waals surface area contributed by atoms with Crippen LogP contribution in [0, 0.1) is 0 Å². The highest BCUT2D eigenvalue weighted by molar-refractivity contribution is 7.80. The number of aromatic nitrogens is 2. The molecule has 0 saturated carbocycles. The average Bonchev–Trinajstić information content (AvgIpc) is 2.15. The van der Waals surface area contributed by atoms with Crippen molar-refractivity contribution in [1.29, 1.82) is 0 Å². The van der Waals surface area contributed by atoms with E-state index in [2.05, 4.69) is 4.98 Å². The van der Waals surface area contributed by atoms with Crippen LogP contribution in [0.1, 0.15) is 0 Å². The fourth-order valence-corrected chi connectivity index (χ4v) is 1.38. The molecule has 0 saturated heterocycles. The molecule has 2 rings (SSSR count). The first-order chi connectivity index (χ1) is 6.20. The van der Waals surface area contributed by atoms with E-state index in [-0.39, 0.29) is 5.56 Å². The molecule has 3 nitrogen and oxygen atoms in total. The van der Waals surface area contributed by atoms with Crippen molar-refractivity contribution in [2.45, 2.75) is 5.16 Å². The maximum absolute atomic E-state index is 11.6. The minimum atomic E-state index is -0.0874. The quantitative estimate of drug-likeness (QED) is 0.591. The lowest BCUT2D eigenvalue weighted by Crippen LogP contribution is -2.18. The van der Waals surface area contributed by atoms with Crippen LogP contribution in [0.5, 0.6) is 0 Å². The van der Waals surface area contributed by atoms with Gasteiger partial charge in [0.1, 0.15) is 0 Å². The van der Waals surface area contributed by atoms with Crippen LogP contribution in [0.15, 0.2) is 34.2 Å². The molecular formula is C9H7N2OS. The van der Waals surface area contributed by atoms with E-state index in [1.165, 1.54) is 4.57 Å². The fraction of sp³-hybridized carbons (Fsp3) is 0.111. The van der Waals surface area contributed by atoms with E-state index in [9.17, 15) is 4.79 Å². The summed E-state index contributed by atoms with van der Waals surface area (Å²) in [5.41, 5.74) is 0.575. The van der Waals surface area contributed by atoms with Gasteiger partial charge in [0.2, 0.25) is 5.16 Å². The Bertz CT molecular complexity index is 518. The van der Waals surface area contributed by atoms with Crippen LogP contribution in [0.4, 0.5) is 0 Å². The zero-order valence-corrected chi connectivity index (χ0v) is 7.84. The Morgan fingerprint density at radius 3 is 2.85 bits per heavy atom. The van der Waals surface area contributed by atoms with Crippen LogP contribution in [0.2, 0.25) is 0 Å². The lowest BCUT2D eigenvalue weighted by Gasteiger charge is -2.01. The Morgan fingerprint density at radius 2 is 2.08 bits per heavy atom. The van der Waals surface area contributed by atoms with E-state index in [1.54, 1.807) is 19.2 Å². The highest BCUT2D eigenvalue weighted by atomic mass is 32.1. The summed E-state index contributed by atoms with van der Waals surface area (Å²) in [6.45, 7) is 0. The zero-order chi connectivity index (χ0) is 9.42. The molecule has 1 aromatic carbocycles. The molecule has 0 amide bonds. The number of hydrogen-bond donors (Lipinski definition) is 0. The Balaban J connectivity index is 3.03. The lowest BCUT2D eigenvalue weighted by atomic mass is 10.2. The number of nitrogens with zero attached hydrogens (tertiary/aromatic N) is 2. The summed E-state index contributed by atoms with van der Waals surface area (Å²) in [5, 5.41) is 0.933. The molecule has 1 heterocycles. The molecule has 1 aromatic heterocycles. The zero-order valence-electron chi connectivity index (χ0n) is 7.02. The predicted octanol–water partition coefficient (Wildman–Crippen LogP) is 1.49. The van der Waals surface area contributed by atoms with E-state index in [1.807, 2.05) is 12.1 Å². The monoisotopic (exact) mass is 191 g/mol. The first-order valence-electron chi connectivity index (χ1n) is 3.83. The molecule has 0 N–H and O–H groups in total. The van der Waals surface area contributed by atoms with Crippen LogP contribution in [0.25, 0.3) is 10.9 Å². The van der Waals surface area contributed by atoms with Gasteiger partial charge in [-0.25, -0.2) is 4.98 Å². The third kappa shape index (κ3) is 1.19. The second-order valence-corrected chi connectivity index (χ2v) is 3.14. The smallest absolute Gasteiger partial charge is 0.262 e. The topological polar surface area (TPSA) is 34.9 Å². The first-order valence-corrected chi connectivity index (χ1v) is 4.24. The molecule has 0 bridgehead atoms. The molecule has 65 valence electrons. The van der Waals surface area contributed by atoms with E-state index >= 15 is 0 Å². The van der Waals surface area contributed by atoms with Crippen molar-refractivity contribution in [3.05, 3.63) is 34.6 Å². The van der Waals surface area contributed by atoms with Crippen molar-refractivity contribution in [3.8, 4) is 0 Å². The molecule has 1 radical (unpaired) electrons. The van der Waals surface area contributed by atoms with Crippen LogP contribution in [-0.2, 0) is 7.05 Å². The van der Waals surface area contributed by atoms with E-state index < -0.39 is 0 Å². The number of rotatable bonds is 0. The van der Waals surface area contributed by atoms with Crippen LogP contribution in [0.3, 0.4) is 0 Å². The van der Waals surface area contributed by atoms with Gasteiger partial charge in [-0.05, 0) is 24.8 Å². The van der Waals surface area contributed by atoms with Gasteiger partial charge < -0.3 is 0 Å². The molecule has 0 atom stereocenters. The third-order valence-electron chi connectivity index (χ3n) is 1.94. The van der Waals surface area contributed by atoms with Gasteiger partial charge in [-0.3, -0.25) is 9.36 Å². The molecule has 0 spiro atoms. The molecule has 4 heteroatoms. The van der Waals surface area contributed by atoms with Crippen molar-refractivity contribution in [2.75, 3.05) is 0 Å². The van der Waals surface area contributed by atoms with Crippen LogP contribution in [-0.4, -0.2) is 9.55 Å². The van der Waals surface area contributed by atoms with Crippen molar-refractivity contribution >= 4 is 23.5 Å². The van der Waals surface area contributed by atoms with E-state index in [0.29, 0.717) is 16.1 Å². The standard InChI is InChI=1S/C9H7N2OS/c1-11-8(12)6-4-2-3-5-7(6)10-9(11)13/h2-5H,1H3. The summed E-state index contributed by atoms with van der Waals surface area (Å²) in [7, 11) is 1.63. The Morgan fingerprint density at radius 1 is 1.38 bits per heavy atom. The number of fused-ring (bicyclic) bond motifs is 1. The number of benzene rings is 1. The maximum atomic E-state index is 11.6. The Labute approximate surface area is 80.4 Å². The summed E-state index contributed by atoms with van der Waals surface area (Å²) in [5.74, 6) is 0. The van der Waals surface area contributed by atoms with Gasteiger partial charge in [0.05, 0.1) is 10.9 Å². The van der Waals surface area contributed by atoms with Gasteiger partial charge in [-0.15, -0.1) is 0 Å². The predicted molar refractivity (Wildman–Crippen MR) is 52.8 cm³/mol. The number of para-hydroxylation sites is 1. The van der Waals surface area contributed by atoms with Gasteiger partial charge >= 0.3 is 0 Å².